The Labute approximate surface area is 136 Å². The van der Waals surface area contributed by atoms with Gasteiger partial charge in [-0.3, -0.25) is 0 Å². The van der Waals surface area contributed by atoms with Crippen LogP contribution in [0.4, 0.5) is 5.82 Å². The van der Waals surface area contributed by atoms with Crippen LogP contribution in [0.1, 0.15) is 23.6 Å². The number of benzene rings is 2. The molecule has 1 unspecified atom stereocenters. The van der Waals surface area contributed by atoms with Crippen molar-refractivity contribution >= 4 is 16.9 Å². The van der Waals surface area contributed by atoms with Gasteiger partial charge in [-0.1, -0.05) is 42.5 Å². The molecule has 1 atom stereocenters. The highest BCUT2D eigenvalue weighted by Gasteiger charge is 2.12. The van der Waals surface area contributed by atoms with E-state index in [1.165, 1.54) is 5.56 Å². The first-order valence-electron chi connectivity index (χ1n) is 7.91. The Morgan fingerprint density at radius 1 is 0.957 bits per heavy atom. The van der Waals surface area contributed by atoms with Crippen LogP contribution in [0.25, 0.3) is 11.0 Å². The first kappa shape index (κ1) is 15.4. The summed E-state index contributed by atoms with van der Waals surface area (Å²) in [7, 11) is 0. The largest absolute Gasteiger partial charge is 0.396 e. The minimum atomic E-state index is 0.170. The fourth-order valence-corrected chi connectivity index (χ4v) is 2.74. The summed E-state index contributed by atoms with van der Waals surface area (Å²) < 4.78 is 0. The summed E-state index contributed by atoms with van der Waals surface area (Å²) in [5.41, 5.74) is 3.91. The van der Waals surface area contributed by atoms with Gasteiger partial charge in [0, 0.05) is 19.1 Å². The van der Waals surface area contributed by atoms with E-state index in [4.69, 9.17) is 0 Å². The first-order valence-corrected chi connectivity index (χ1v) is 7.91. The van der Waals surface area contributed by atoms with E-state index in [0.717, 1.165) is 35.5 Å². The van der Waals surface area contributed by atoms with E-state index in [1.807, 2.05) is 49.4 Å². The molecule has 0 aliphatic heterocycles. The summed E-state index contributed by atoms with van der Waals surface area (Å²) in [6, 6.07) is 18.1. The molecule has 0 saturated heterocycles. The summed E-state index contributed by atoms with van der Waals surface area (Å²) in [5.74, 6) is 1.05. The van der Waals surface area contributed by atoms with Crippen LogP contribution < -0.4 is 5.32 Å². The van der Waals surface area contributed by atoms with Crippen LogP contribution in [0.5, 0.6) is 0 Å². The van der Waals surface area contributed by atoms with E-state index in [0.29, 0.717) is 0 Å². The second-order valence-electron chi connectivity index (χ2n) is 5.65. The van der Waals surface area contributed by atoms with Gasteiger partial charge in [-0.05, 0) is 31.0 Å². The van der Waals surface area contributed by atoms with Gasteiger partial charge in [-0.15, -0.1) is 0 Å². The van der Waals surface area contributed by atoms with Gasteiger partial charge in [0.05, 0.1) is 16.7 Å². The number of rotatable bonds is 6. The van der Waals surface area contributed by atoms with Gasteiger partial charge in [-0.25, -0.2) is 9.97 Å². The van der Waals surface area contributed by atoms with Crippen LogP contribution in [0.15, 0.2) is 54.6 Å². The number of nitrogens with zero attached hydrogens (tertiary/aromatic N) is 2. The molecule has 0 fully saturated rings. The Morgan fingerprint density at radius 2 is 1.61 bits per heavy atom. The number of aryl methyl sites for hydroxylation is 1. The number of nitrogens with one attached hydrogen (secondary N) is 1. The Balaban J connectivity index is 1.79. The lowest BCUT2D eigenvalue weighted by molar-refractivity contribution is 0.277. The quantitative estimate of drug-likeness (QED) is 0.731. The average molecular weight is 307 g/mol. The summed E-state index contributed by atoms with van der Waals surface area (Å²) in [6.45, 7) is 2.85. The molecule has 0 spiro atoms. The van der Waals surface area contributed by atoms with Crippen molar-refractivity contribution in [2.45, 2.75) is 19.3 Å². The van der Waals surface area contributed by atoms with Crippen molar-refractivity contribution in [2.24, 2.45) is 0 Å². The van der Waals surface area contributed by atoms with Crippen molar-refractivity contribution in [3.8, 4) is 0 Å². The molecule has 1 heterocycles. The fraction of sp³-hybridized carbons (Fsp3) is 0.263. The third kappa shape index (κ3) is 3.66. The van der Waals surface area contributed by atoms with Gasteiger partial charge >= 0.3 is 0 Å². The maximum Gasteiger partial charge on any atom is 0.148 e. The van der Waals surface area contributed by atoms with E-state index in [1.54, 1.807) is 0 Å². The van der Waals surface area contributed by atoms with E-state index in [-0.39, 0.29) is 12.5 Å². The predicted molar refractivity (Wildman–Crippen MR) is 93.7 cm³/mol. The van der Waals surface area contributed by atoms with Crippen LogP contribution in [0, 0.1) is 6.92 Å². The van der Waals surface area contributed by atoms with E-state index in [2.05, 4.69) is 27.4 Å². The molecule has 4 heteroatoms. The summed E-state index contributed by atoms with van der Waals surface area (Å²) in [6.07, 6.45) is 0.719. The first-order chi connectivity index (χ1) is 11.3. The molecule has 1 aromatic heterocycles. The van der Waals surface area contributed by atoms with Crippen molar-refractivity contribution in [1.82, 2.24) is 9.97 Å². The standard InChI is InChI=1S/C19H21N3O/c1-14-19(22-18-10-6-5-9-17(18)21-14)20-13-16(11-12-23)15-7-3-2-4-8-15/h2-10,16,23H,11-13H2,1H3,(H,20,22). The maximum atomic E-state index is 9.34. The van der Waals surface area contributed by atoms with E-state index < -0.39 is 0 Å². The monoisotopic (exact) mass is 307 g/mol. The second kappa shape index (κ2) is 7.20. The molecule has 118 valence electrons. The number of para-hydroxylation sites is 2. The summed E-state index contributed by atoms with van der Waals surface area (Å²) in [5, 5.41) is 12.7. The molecule has 3 aromatic rings. The van der Waals surface area contributed by atoms with Gasteiger partial charge < -0.3 is 10.4 Å². The van der Waals surface area contributed by atoms with Crippen LogP contribution in [0.3, 0.4) is 0 Å². The highest BCUT2D eigenvalue weighted by atomic mass is 16.3. The maximum absolute atomic E-state index is 9.34. The SMILES string of the molecule is Cc1nc2ccccc2nc1NCC(CCO)c1ccccc1. The number of hydrogen-bond donors (Lipinski definition) is 2. The predicted octanol–water partition coefficient (Wildman–Crippen LogP) is 3.52. The normalized spacial score (nSPS) is 12.3. The van der Waals surface area contributed by atoms with Crippen molar-refractivity contribution in [3.05, 3.63) is 65.9 Å². The number of anilines is 1. The average Bonchev–Trinajstić information content (AvgIpc) is 2.59. The zero-order chi connectivity index (χ0) is 16.1. The number of fused-ring (bicyclic) bond motifs is 1. The minimum absolute atomic E-state index is 0.170. The number of aromatic nitrogens is 2. The van der Waals surface area contributed by atoms with Crippen molar-refractivity contribution in [2.75, 3.05) is 18.5 Å². The van der Waals surface area contributed by atoms with Gasteiger partial charge in [0.1, 0.15) is 5.82 Å². The fourth-order valence-electron chi connectivity index (χ4n) is 2.74. The molecule has 0 bridgehead atoms. The highest BCUT2D eigenvalue weighted by molar-refractivity contribution is 5.76. The van der Waals surface area contributed by atoms with Crippen LogP contribution in [-0.2, 0) is 0 Å². The molecular formula is C19H21N3O. The smallest absolute Gasteiger partial charge is 0.148 e. The number of hydrogen-bond acceptors (Lipinski definition) is 4. The second-order valence-corrected chi connectivity index (χ2v) is 5.65. The molecule has 23 heavy (non-hydrogen) atoms. The topological polar surface area (TPSA) is 58.0 Å². The van der Waals surface area contributed by atoms with Gasteiger partial charge in [0.15, 0.2) is 0 Å². The number of aliphatic hydroxyl groups excluding tert-OH is 1. The van der Waals surface area contributed by atoms with Crippen LogP contribution in [0.2, 0.25) is 0 Å². The van der Waals surface area contributed by atoms with Gasteiger partial charge in [-0.2, -0.15) is 0 Å². The molecular weight excluding hydrogens is 286 g/mol. The molecule has 4 nitrogen and oxygen atoms in total. The van der Waals surface area contributed by atoms with Crippen LogP contribution in [-0.4, -0.2) is 28.2 Å². The lowest BCUT2D eigenvalue weighted by Gasteiger charge is -2.18. The summed E-state index contributed by atoms with van der Waals surface area (Å²) >= 11 is 0. The van der Waals surface area contributed by atoms with Crippen molar-refractivity contribution < 1.29 is 5.11 Å². The third-order valence-corrected chi connectivity index (χ3v) is 4.01. The van der Waals surface area contributed by atoms with E-state index >= 15 is 0 Å². The zero-order valence-corrected chi connectivity index (χ0v) is 13.2. The van der Waals surface area contributed by atoms with Gasteiger partial charge in [0.2, 0.25) is 0 Å². The minimum Gasteiger partial charge on any atom is -0.396 e. The Morgan fingerprint density at radius 3 is 2.30 bits per heavy atom. The third-order valence-electron chi connectivity index (χ3n) is 4.01. The zero-order valence-electron chi connectivity index (χ0n) is 13.2. The summed E-state index contributed by atoms with van der Waals surface area (Å²) in [4.78, 5) is 9.26. The van der Waals surface area contributed by atoms with E-state index in [9.17, 15) is 5.11 Å². The van der Waals surface area contributed by atoms with Crippen molar-refractivity contribution in [3.63, 3.8) is 0 Å². The Bertz CT molecular complexity index is 774. The molecule has 0 radical (unpaired) electrons. The van der Waals surface area contributed by atoms with Crippen LogP contribution >= 0.6 is 0 Å². The molecule has 3 rings (SSSR count). The molecule has 0 aliphatic rings. The lowest BCUT2D eigenvalue weighted by Crippen LogP contribution is -2.16. The van der Waals surface area contributed by atoms with Crippen molar-refractivity contribution in [1.29, 1.82) is 0 Å². The Hall–Kier alpha value is -2.46. The van der Waals surface area contributed by atoms with Gasteiger partial charge in [0.25, 0.3) is 0 Å². The molecule has 2 aromatic carbocycles. The highest BCUT2D eigenvalue weighted by Crippen LogP contribution is 2.21. The molecule has 0 saturated carbocycles. The molecule has 0 aliphatic carbocycles. The Kier molecular flexibility index (Phi) is 4.83. The number of aliphatic hydroxyl groups is 1. The molecule has 0 amide bonds. The molecule has 2 N–H and O–H groups in total. The lowest BCUT2D eigenvalue weighted by atomic mass is 9.96.